The summed E-state index contributed by atoms with van der Waals surface area (Å²) in [6, 6.07) is 7.55. The third-order valence-corrected chi connectivity index (χ3v) is 7.30. The summed E-state index contributed by atoms with van der Waals surface area (Å²) in [5.74, 6) is 0.0999. The van der Waals surface area contributed by atoms with Crippen LogP contribution in [0.1, 0.15) is 75.7 Å². The summed E-state index contributed by atoms with van der Waals surface area (Å²) in [6.07, 6.45) is 6.24. The summed E-state index contributed by atoms with van der Waals surface area (Å²) < 4.78 is 81.3. The third-order valence-electron chi connectivity index (χ3n) is 5.12. The topological polar surface area (TPSA) is 0 Å². The van der Waals surface area contributed by atoms with E-state index < -0.39 is 23.2 Å². The van der Waals surface area contributed by atoms with Crippen LogP contribution in [0.15, 0.2) is 24.3 Å². The van der Waals surface area contributed by atoms with Gasteiger partial charge in [-0.1, -0.05) is 52.5 Å². The average Bonchev–Trinajstić information content (AvgIpc) is 2.71. The zero-order chi connectivity index (χ0) is 22.0. The predicted octanol–water partition coefficient (Wildman–Crippen LogP) is 9.10. The maximum absolute atomic E-state index is 13.9. The second-order valence-corrected chi connectivity index (χ2v) is 10.5. The molecule has 9 heteroatoms. The molecular weight excluding hydrogens is 416 g/mol. The van der Waals surface area contributed by atoms with Crippen molar-refractivity contribution in [3.05, 3.63) is 34.7 Å². The number of halogens is 7. The van der Waals surface area contributed by atoms with Gasteiger partial charge in [-0.2, -0.15) is 0 Å². The van der Waals surface area contributed by atoms with Gasteiger partial charge >= 0.3 is 12.8 Å². The largest absolute Gasteiger partial charge is 0.673 e. The SMILES string of the molecule is CC(C)(C)c1ccc2cc(C3CCCCCC3)[s+](C(F)(F)F)c2c1.F[B-](F)(F)F. The Labute approximate surface area is 169 Å². The molecule has 2 aromatic rings. The Hall–Kier alpha value is -1.25. The van der Waals surface area contributed by atoms with E-state index in [1.165, 1.54) is 0 Å². The van der Waals surface area contributed by atoms with Crippen molar-refractivity contribution in [2.75, 3.05) is 0 Å². The molecule has 0 amide bonds. The maximum atomic E-state index is 13.9. The lowest BCUT2D eigenvalue weighted by molar-refractivity contribution is -0.0868. The molecule has 1 aromatic heterocycles. The molecule has 0 saturated heterocycles. The summed E-state index contributed by atoms with van der Waals surface area (Å²) in [7, 11) is -7.75. The number of benzene rings is 1. The van der Waals surface area contributed by atoms with Crippen molar-refractivity contribution in [3.63, 3.8) is 0 Å². The average molecular weight is 442 g/mol. The van der Waals surface area contributed by atoms with Gasteiger partial charge in [0.25, 0.3) is 0 Å². The Bertz CT molecular complexity index is 801. The highest BCUT2D eigenvalue weighted by molar-refractivity contribution is 7.38. The molecule has 1 aliphatic rings. The molecule has 164 valence electrons. The first-order valence-electron chi connectivity index (χ1n) is 9.72. The molecule has 0 aliphatic heterocycles. The zero-order valence-electron chi connectivity index (χ0n) is 16.8. The monoisotopic (exact) mass is 442 g/mol. The van der Waals surface area contributed by atoms with Crippen LogP contribution in [-0.4, -0.2) is 7.25 Å². The van der Waals surface area contributed by atoms with Crippen molar-refractivity contribution >= 4 is 27.8 Å². The maximum Gasteiger partial charge on any atom is 0.673 e. The molecule has 3 rings (SSSR count). The van der Waals surface area contributed by atoms with E-state index in [0.29, 0.717) is 9.58 Å². The van der Waals surface area contributed by atoms with Crippen molar-refractivity contribution in [3.8, 4) is 0 Å². The van der Waals surface area contributed by atoms with Crippen LogP contribution in [0.5, 0.6) is 0 Å². The van der Waals surface area contributed by atoms with Gasteiger partial charge in [0.1, 0.15) is 0 Å². The van der Waals surface area contributed by atoms with Crippen LogP contribution < -0.4 is 0 Å². The van der Waals surface area contributed by atoms with Gasteiger partial charge in [0, 0.05) is 23.4 Å². The van der Waals surface area contributed by atoms with Crippen LogP contribution in [0, 0.1) is 0 Å². The van der Waals surface area contributed by atoms with Gasteiger partial charge in [0.2, 0.25) is 0 Å². The number of alkyl halides is 3. The van der Waals surface area contributed by atoms with Crippen LogP contribution in [0.25, 0.3) is 10.1 Å². The minimum absolute atomic E-state index is 0.0999. The third kappa shape index (κ3) is 6.90. The summed E-state index contributed by atoms with van der Waals surface area (Å²) in [5.41, 5.74) is -3.33. The van der Waals surface area contributed by atoms with E-state index in [9.17, 15) is 30.4 Å². The number of thiophene rings is 1. The molecule has 0 spiro atoms. The van der Waals surface area contributed by atoms with E-state index in [1.54, 1.807) is 0 Å². The highest BCUT2D eigenvalue weighted by Gasteiger charge is 2.49. The van der Waals surface area contributed by atoms with Gasteiger partial charge in [-0.15, -0.1) is 13.2 Å². The lowest BCUT2D eigenvalue weighted by Crippen LogP contribution is -2.10. The predicted molar refractivity (Wildman–Crippen MR) is 107 cm³/mol. The van der Waals surface area contributed by atoms with E-state index >= 15 is 0 Å². The molecule has 1 saturated carbocycles. The van der Waals surface area contributed by atoms with Gasteiger partial charge in [-0.05, 0) is 29.9 Å². The highest BCUT2D eigenvalue weighted by Crippen LogP contribution is 2.55. The molecule has 1 heterocycles. The van der Waals surface area contributed by atoms with Gasteiger partial charge in [0.05, 0.1) is 10.5 Å². The van der Waals surface area contributed by atoms with Crippen molar-refractivity contribution < 1.29 is 30.4 Å². The van der Waals surface area contributed by atoms with Crippen molar-refractivity contribution in [1.29, 1.82) is 0 Å². The second kappa shape index (κ2) is 8.86. The second-order valence-electron chi connectivity index (χ2n) is 8.48. The fourth-order valence-corrected chi connectivity index (χ4v) is 5.93. The molecule has 1 aliphatic carbocycles. The van der Waals surface area contributed by atoms with E-state index in [0.717, 1.165) is 49.5 Å². The van der Waals surface area contributed by atoms with E-state index in [1.807, 2.05) is 24.3 Å². The number of hydrogen-bond donors (Lipinski definition) is 0. The van der Waals surface area contributed by atoms with Crippen molar-refractivity contribution in [1.82, 2.24) is 0 Å². The minimum Gasteiger partial charge on any atom is -0.418 e. The Balaban J connectivity index is 0.000000537. The summed E-state index contributed by atoms with van der Waals surface area (Å²) in [4.78, 5) is 0.644. The first kappa shape index (κ1) is 24.0. The number of rotatable bonds is 1. The molecular formula is C20H26BF7S. The van der Waals surface area contributed by atoms with Gasteiger partial charge in [0.15, 0.2) is 9.58 Å². The van der Waals surface area contributed by atoms with Crippen molar-refractivity contribution in [2.45, 2.75) is 76.1 Å². The van der Waals surface area contributed by atoms with E-state index in [-0.39, 0.29) is 11.3 Å². The molecule has 0 radical (unpaired) electrons. The Kier molecular flexibility index (Phi) is 7.34. The number of hydrogen-bond acceptors (Lipinski definition) is 0. The molecule has 1 unspecified atom stereocenters. The molecule has 0 bridgehead atoms. The normalized spacial score (nSPS) is 17.7. The number of fused-ring (bicyclic) bond motifs is 1. The Morgan fingerprint density at radius 1 is 0.862 bits per heavy atom. The highest BCUT2D eigenvalue weighted by atomic mass is 32.2. The summed E-state index contributed by atoms with van der Waals surface area (Å²) in [5, 5.41) is 0.780. The lowest BCUT2D eigenvalue weighted by Gasteiger charge is -2.18. The molecule has 0 N–H and O–H groups in total. The molecule has 0 nitrogen and oxygen atoms in total. The fraction of sp³-hybridized carbons (Fsp3) is 0.600. The molecule has 1 atom stereocenters. The van der Waals surface area contributed by atoms with E-state index in [2.05, 4.69) is 20.8 Å². The molecule has 29 heavy (non-hydrogen) atoms. The minimum atomic E-state index is -6.00. The van der Waals surface area contributed by atoms with Crippen LogP contribution in [0.2, 0.25) is 0 Å². The fourth-order valence-electron chi connectivity index (χ4n) is 3.74. The van der Waals surface area contributed by atoms with Crippen LogP contribution in [0.3, 0.4) is 0 Å². The van der Waals surface area contributed by atoms with Gasteiger partial charge in [-0.25, -0.2) is 0 Å². The zero-order valence-corrected chi connectivity index (χ0v) is 17.6. The standard InChI is InChI=1S/C20H26F3S.BF4/c1-19(2,3)16-11-10-15-12-17(14-8-6-4-5-7-9-14)24(18(15)13-16)20(21,22)23;2-1(3,4)5/h10-14H,4-9H2,1-3H3;/q+1;-1. The first-order valence-corrected chi connectivity index (χ1v) is 10.9. The van der Waals surface area contributed by atoms with E-state index in [4.69, 9.17) is 0 Å². The lowest BCUT2D eigenvalue weighted by atomic mass is 9.87. The quantitative estimate of drug-likeness (QED) is 0.179. The Morgan fingerprint density at radius 2 is 1.38 bits per heavy atom. The van der Waals surface area contributed by atoms with Crippen LogP contribution >= 0.6 is 10.5 Å². The van der Waals surface area contributed by atoms with Gasteiger partial charge < -0.3 is 17.3 Å². The van der Waals surface area contributed by atoms with Gasteiger partial charge in [-0.3, -0.25) is 0 Å². The Morgan fingerprint density at radius 3 is 1.83 bits per heavy atom. The summed E-state index contributed by atoms with van der Waals surface area (Å²) >= 11 is 0. The molecule has 1 aromatic carbocycles. The first-order chi connectivity index (χ1) is 13.2. The van der Waals surface area contributed by atoms with Crippen LogP contribution in [0.4, 0.5) is 30.4 Å². The summed E-state index contributed by atoms with van der Waals surface area (Å²) in [6.45, 7) is 6.15. The molecule has 1 fully saturated rings. The smallest absolute Gasteiger partial charge is 0.418 e. The van der Waals surface area contributed by atoms with Crippen LogP contribution in [-0.2, 0) is 10.9 Å². The van der Waals surface area contributed by atoms with Crippen molar-refractivity contribution in [2.24, 2.45) is 0 Å².